The van der Waals surface area contributed by atoms with E-state index in [-0.39, 0.29) is 0 Å². The van der Waals surface area contributed by atoms with Crippen LogP contribution in [0.15, 0.2) is 218 Å². The third kappa shape index (κ3) is 11.2. The molecule has 0 unspecified atom stereocenters. The highest BCUT2D eigenvalue weighted by molar-refractivity contribution is 5.49. The second-order valence-electron chi connectivity index (χ2n) is 17.4. The Labute approximate surface area is 380 Å². The summed E-state index contributed by atoms with van der Waals surface area (Å²) in [7, 11) is 0. The Bertz CT molecular complexity index is 2200. The van der Waals surface area contributed by atoms with Crippen molar-refractivity contribution in [3.05, 3.63) is 285 Å². The average molecular weight is 837 g/mol. The quantitative estimate of drug-likeness (QED) is 0.0618. The molecule has 0 bridgehead atoms. The van der Waals surface area contributed by atoms with Crippen LogP contribution < -0.4 is 21.3 Å². The predicted molar refractivity (Wildman–Crippen MR) is 265 cm³/mol. The molecule has 8 aromatic rings. The van der Waals surface area contributed by atoms with Crippen LogP contribution in [0.5, 0.6) is 0 Å². The van der Waals surface area contributed by atoms with Crippen molar-refractivity contribution in [2.24, 2.45) is 0 Å². The van der Waals surface area contributed by atoms with Crippen molar-refractivity contribution in [1.29, 1.82) is 0 Å². The van der Waals surface area contributed by atoms with Crippen LogP contribution in [0.1, 0.15) is 90.4 Å². The maximum absolute atomic E-state index is 3.66. The van der Waals surface area contributed by atoms with Crippen molar-refractivity contribution < 1.29 is 0 Å². The van der Waals surface area contributed by atoms with Crippen LogP contribution in [0.25, 0.3) is 0 Å². The molecule has 64 heavy (non-hydrogen) atoms. The normalized spacial score (nSPS) is 16.9. The molecule has 0 aliphatic heterocycles. The molecular formula is C60H60N4. The summed E-state index contributed by atoms with van der Waals surface area (Å²) >= 11 is 0. The zero-order valence-corrected chi connectivity index (χ0v) is 36.8. The van der Waals surface area contributed by atoms with Gasteiger partial charge in [-0.1, -0.05) is 218 Å². The van der Waals surface area contributed by atoms with Crippen molar-refractivity contribution in [2.75, 3.05) is 0 Å². The Kier molecular flexibility index (Phi) is 14.6. The number of benzene rings is 8. The summed E-state index contributed by atoms with van der Waals surface area (Å²) in [5.41, 5.74) is 16.1. The second-order valence-corrected chi connectivity index (χ2v) is 17.4. The maximum Gasteiger partial charge on any atom is 0.0208 e. The van der Waals surface area contributed by atoms with Crippen molar-refractivity contribution in [1.82, 2.24) is 21.3 Å². The summed E-state index contributed by atoms with van der Waals surface area (Å²) in [6, 6.07) is 80.6. The molecule has 320 valence electrons. The minimum Gasteiger partial charge on any atom is -0.309 e. The molecule has 8 aromatic carbocycles. The summed E-state index contributed by atoms with van der Waals surface area (Å²) in [6.07, 6.45) is 0. The molecule has 4 N–H and O–H groups in total. The lowest BCUT2D eigenvalue weighted by Gasteiger charge is -2.54. The highest BCUT2D eigenvalue weighted by atomic mass is 14.9. The van der Waals surface area contributed by atoms with Gasteiger partial charge in [0.2, 0.25) is 0 Å². The van der Waals surface area contributed by atoms with Gasteiger partial charge in [0, 0.05) is 52.4 Å². The van der Waals surface area contributed by atoms with Gasteiger partial charge in [-0.25, -0.2) is 0 Å². The molecule has 0 saturated heterocycles. The van der Waals surface area contributed by atoms with Gasteiger partial charge >= 0.3 is 0 Å². The highest BCUT2D eigenvalue weighted by Crippen LogP contribution is 2.66. The third-order valence-electron chi connectivity index (χ3n) is 13.0. The van der Waals surface area contributed by atoms with Crippen molar-refractivity contribution in [2.45, 2.75) is 76.0 Å². The lowest BCUT2D eigenvalue weighted by Crippen LogP contribution is -2.40. The van der Waals surface area contributed by atoms with Crippen LogP contribution in [0.2, 0.25) is 0 Å². The molecule has 1 saturated carbocycles. The van der Waals surface area contributed by atoms with Crippen molar-refractivity contribution >= 4 is 0 Å². The monoisotopic (exact) mass is 836 g/mol. The van der Waals surface area contributed by atoms with Crippen LogP contribution in [-0.2, 0) is 52.4 Å². The average Bonchev–Trinajstić information content (AvgIpc) is 3.35. The van der Waals surface area contributed by atoms with E-state index in [1.165, 1.54) is 66.8 Å². The van der Waals surface area contributed by atoms with Gasteiger partial charge in [0.15, 0.2) is 0 Å². The fourth-order valence-corrected chi connectivity index (χ4v) is 9.63. The van der Waals surface area contributed by atoms with Crippen LogP contribution in [0.3, 0.4) is 0 Å². The Morgan fingerprint density at radius 3 is 0.516 bits per heavy atom. The summed E-state index contributed by atoms with van der Waals surface area (Å²) in [5, 5.41) is 14.6. The van der Waals surface area contributed by atoms with Gasteiger partial charge in [-0.05, 0) is 90.4 Å². The van der Waals surface area contributed by atoms with E-state index in [0.717, 1.165) is 52.4 Å². The van der Waals surface area contributed by atoms with Crippen LogP contribution >= 0.6 is 0 Å². The molecule has 0 aromatic heterocycles. The smallest absolute Gasteiger partial charge is 0.0208 e. The zero-order chi connectivity index (χ0) is 43.2. The van der Waals surface area contributed by atoms with E-state index >= 15 is 0 Å². The first-order chi connectivity index (χ1) is 31.7. The van der Waals surface area contributed by atoms with E-state index in [0.29, 0.717) is 23.7 Å². The van der Waals surface area contributed by atoms with Gasteiger partial charge in [0.05, 0.1) is 0 Å². The minimum absolute atomic E-state index is 0.313. The van der Waals surface area contributed by atoms with E-state index < -0.39 is 0 Å². The molecular weight excluding hydrogens is 777 g/mol. The minimum atomic E-state index is 0.313. The Balaban J connectivity index is 0.990. The van der Waals surface area contributed by atoms with E-state index in [1.54, 1.807) is 0 Å². The first-order valence-electron chi connectivity index (χ1n) is 23.1. The zero-order valence-electron chi connectivity index (χ0n) is 36.8. The van der Waals surface area contributed by atoms with Gasteiger partial charge in [-0.15, -0.1) is 0 Å². The summed E-state index contributed by atoms with van der Waals surface area (Å²) < 4.78 is 0. The largest absolute Gasteiger partial charge is 0.309 e. The number of hydrogen-bond donors (Lipinski definition) is 4. The molecule has 1 fully saturated rings. The van der Waals surface area contributed by atoms with Gasteiger partial charge in [-0.3, -0.25) is 0 Å². The number of rotatable bonds is 20. The summed E-state index contributed by atoms with van der Waals surface area (Å²) in [5.74, 6) is 1.25. The molecule has 4 nitrogen and oxygen atoms in total. The predicted octanol–water partition coefficient (Wildman–Crippen LogP) is 12.3. The third-order valence-corrected chi connectivity index (χ3v) is 13.0. The molecule has 1 aliphatic carbocycles. The van der Waals surface area contributed by atoms with Gasteiger partial charge in [-0.2, -0.15) is 0 Å². The fourth-order valence-electron chi connectivity index (χ4n) is 9.63. The molecule has 0 spiro atoms. The maximum atomic E-state index is 3.66. The first-order valence-corrected chi connectivity index (χ1v) is 23.1. The molecule has 9 rings (SSSR count). The van der Waals surface area contributed by atoms with E-state index in [9.17, 15) is 0 Å². The van der Waals surface area contributed by atoms with Crippen LogP contribution in [0.4, 0.5) is 0 Å². The molecule has 1 aliphatic rings. The standard InChI is InChI=1S/C60H60N4/c1-5-13-45(14-6-1)37-61-41-49-21-29-53(30-22-49)57-58(54-31-23-50(24-32-54)42-62-38-46-15-7-2-8-16-46)60(56-35-27-52(28-36-56)44-64-40-48-19-11-4-12-20-48)59(57)55-33-25-51(26-34-55)43-63-39-47-17-9-3-10-18-47/h1-36,57-64H,37-44H2. The van der Waals surface area contributed by atoms with Gasteiger partial charge in [0.1, 0.15) is 0 Å². The van der Waals surface area contributed by atoms with Gasteiger partial charge in [0.25, 0.3) is 0 Å². The topological polar surface area (TPSA) is 48.1 Å². The molecule has 0 atom stereocenters. The molecule has 4 heteroatoms. The molecule has 0 heterocycles. The SMILES string of the molecule is c1ccc(CNCc2ccc(C3C(c4ccc(CNCc5ccccc5)cc4)C(c4ccc(CNCc5ccccc5)cc4)C3c3ccc(CNCc4ccccc4)cc3)cc2)cc1. The highest BCUT2D eigenvalue weighted by Gasteiger charge is 2.52. The van der Waals surface area contributed by atoms with E-state index in [4.69, 9.17) is 0 Å². The lowest BCUT2D eigenvalue weighted by molar-refractivity contribution is 0.229. The second kappa shape index (κ2) is 21.8. The first kappa shape index (κ1) is 42.9. The Morgan fingerprint density at radius 2 is 0.344 bits per heavy atom. The Hall–Kier alpha value is -6.40. The van der Waals surface area contributed by atoms with Crippen LogP contribution in [-0.4, -0.2) is 0 Å². The lowest BCUT2D eigenvalue weighted by atomic mass is 9.49. The van der Waals surface area contributed by atoms with Crippen molar-refractivity contribution in [3.63, 3.8) is 0 Å². The fraction of sp³-hybridized carbons (Fsp3) is 0.200. The Morgan fingerprint density at radius 1 is 0.188 bits per heavy atom. The van der Waals surface area contributed by atoms with E-state index in [2.05, 4.69) is 240 Å². The number of nitrogens with one attached hydrogen (secondary N) is 4. The van der Waals surface area contributed by atoms with Gasteiger partial charge < -0.3 is 21.3 Å². The molecule has 0 amide bonds. The summed E-state index contributed by atoms with van der Waals surface area (Å²) in [6.45, 7) is 6.76. The van der Waals surface area contributed by atoms with E-state index in [1.807, 2.05) is 0 Å². The summed E-state index contributed by atoms with van der Waals surface area (Å²) in [4.78, 5) is 0. The van der Waals surface area contributed by atoms with Crippen LogP contribution in [0, 0.1) is 0 Å². The molecule has 0 radical (unpaired) electrons. The number of hydrogen-bond acceptors (Lipinski definition) is 4. The van der Waals surface area contributed by atoms with Crippen molar-refractivity contribution in [3.8, 4) is 0 Å².